The SMILES string of the molecule is CCc1ccc(C(=O)O)cc1S(=O)(=O)Cc1cc(C(F)(F)F)ccc1-c1cccn1C.CCc1ccc(C(=O)O)cc1S(=O)(=O)Cc1cc(S(C)(=O)=O)ccc1-c1ccccn1.O=C(O)c1ccc(C2CC2)c(S(=O)(=O)Cc2cc(C(F)(F)F)ccc2-c2ccccn2)c1.O=C(O)c1ccc(C2CC2)c(S(=O)(=O)Cc2cc(C(F)(F)F)ccc2-c2cccs2)c1. The first-order valence-corrected chi connectivity index (χ1v) is 47.3. The maximum absolute atomic E-state index is 13.4. The zero-order valence-electron chi connectivity index (χ0n) is 66.4. The van der Waals surface area contributed by atoms with Crippen molar-refractivity contribution in [1.82, 2.24) is 14.5 Å². The molecule has 21 nitrogen and oxygen atoms in total. The summed E-state index contributed by atoms with van der Waals surface area (Å²) in [6, 6.07) is 45.9. The number of nitrogens with zero attached hydrogens (tertiary/aromatic N) is 3. The number of aromatic nitrogens is 3. The van der Waals surface area contributed by atoms with Crippen molar-refractivity contribution in [3.8, 4) is 44.2 Å². The van der Waals surface area contributed by atoms with Gasteiger partial charge >= 0.3 is 42.4 Å². The summed E-state index contributed by atoms with van der Waals surface area (Å²) in [7, 11) is -18.3. The van der Waals surface area contributed by atoms with Crippen molar-refractivity contribution in [2.75, 3.05) is 6.26 Å². The maximum Gasteiger partial charge on any atom is 0.416 e. The van der Waals surface area contributed by atoms with E-state index in [1.165, 1.54) is 102 Å². The molecule has 0 amide bonds. The van der Waals surface area contributed by atoms with Crippen LogP contribution < -0.4 is 0 Å². The van der Waals surface area contributed by atoms with Crippen LogP contribution in [0.15, 0.2) is 255 Å². The van der Waals surface area contributed by atoms with Crippen molar-refractivity contribution in [1.29, 1.82) is 0 Å². The standard InChI is InChI=1S/C23H18F3NO4S.C22H20F3NO4S.C22H17F3O4S2.C22H21NO6S2/c24-23(25,26)17-7-9-18(20-3-1-2-10-27-20)16(11-17)13-32(30,31)21-12-15(22(28)29)6-8-19(21)14-4-5-14;1-3-14-6-7-15(21(27)28)12-20(14)31(29,30)13-16-11-17(22(23,24)25)8-9-18(16)19-5-4-10-26(19)2;23-22(24,25)16-6-8-17(19-2-1-9-30-19)15(10-16)12-31(28,29)20-11-14(21(26)27)5-7-18(20)13-3-4-13;1-3-15-7-8-16(22(24)25)13-21(15)31(28,29)14-17-12-18(30(2,26)27)9-10-19(17)20-6-4-5-11-23-20/h1-3,6-12,14H,4-5,13H2,(H,28,29);4-12H,3,13H2,1-2H3,(H,27,28);1-2,5-11,13H,3-4,12H2,(H,26,27);4-13H,3,14H2,1-2H3,(H,24,25). The number of carboxylic acids is 4. The van der Waals surface area contributed by atoms with Gasteiger partial charge in [0.1, 0.15) is 0 Å². The number of carbonyl (C=O) groups is 4. The molecule has 4 N–H and O–H groups in total. The molecule has 654 valence electrons. The van der Waals surface area contributed by atoms with Gasteiger partial charge in [-0.2, -0.15) is 39.5 Å². The van der Waals surface area contributed by atoms with E-state index in [0.29, 0.717) is 73.7 Å². The lowest BCUT2D eigenvalue weighted by Crippen LogP contribution is -2.12. The van der Waals surface area contributed by atoms with Gasteiger partial charge in [-0.25, -0.2) is 61.3 Å². The molecule has 4 heterocycles. The largest absolute Gasteiger partial charge is 0.478 e. The number of benzene rings is 8. The van der Waals surface area contributed by atoms with Gasteiger partial charge in [-0.1, -0.05) is 80.6 Å². The van der Waals surface area contributed by atoms with E-state index in [9.17, 15) is 121 Å². The van der Waals surface area contributed by atoms with Crippen molar-refractivity contribution in [2.45, 2.75) is 130 Å². The summed E-state index contributed by atoms with van der Waals surface area (Å²) in [5, 5.41) is 38.9. The molecule has 0 radical (unpaired) electrons. The summed E-state index contributed by atoms with van der Waals surface area (Å²) in [5.41, 5.74) is 1.51. The van der Waals surface area contributed by atoms with Crippen LogP contribution in [0.4, 0.5) is 39.5 Å². The second-order valence-corrected chi connectivity index (χ2v) is 40.1. The molecule has 2 aliphatic rings. The molecule has 4 aromatic heterocycles. The van der Waals surface area contributed by atoms with Crippen LogP contribution in [-0.4, -0.2) is 107 Å². The van der Waals surface area contributed by atoms with E-state index in [0.717, 1.165) is 92.6 Å². The second kappa shape index (κ2) is 37.5. The van der Waals surface area contributed by atoms with Gasteiger partial charge in [0.15, 0.2) is 49.2 Å². The molecule has 12 aromatic rings. The number of hydrogen-bond acceptors (Lipinski definition) is 17. The van der Waals surface area contributed by atoms with Crippen LogP contribution in [0.5, 0.6) is 0 Å². The van der Waals surface area contributed by atoms with Gasteiger partial charge in [0.25, 0.3) is 0 Å². The molecule has 2 fully saturated rings. The fraction of sp³-hybridized carbons (Fsp3) is 0.213. The molecular weight excluding hydrogens is 1760 g/mol. The van der Waals surface area contributed by atoms with Crippen LogP contribution in [-0.2, 0) is 111 Å². The molecule has 2 saturated carbocycles. The number of aromatic carboxylic acids is 4. The van der Waals surface area contributed by atoms with Crippen molar-refractivity contribution in [2.24, 2.45) is 7.05 Å². The van der Waals surface area contributed by atoms with Gasteiger partial charge in [-0.15, -0.1) is 11.3 Å². The molecule has 0 bridgehead atoms. The fourth-order valence-corrected chi connectivity index (χ4v) is 22.1. The average molecular weight is 1840 g/mol. The van der Waals surface area contributed by atoms with Crippen molar-refractivity contribution < 1.29 is 121 Å². The molecule has 0 saturated heterocycles. The predicted octanol–water partition coefficient (Wildman–Crippen LogP) is 19.6. The number of thiophene rings is 1. The average Bonchev–Trinajstić information content (AvgIpc) is 1.75. The van der Waals surface area contributed by atoms with Crippen molar-refractivity contribution in [3.63, 3.8) is 0 Å². The summed E-state index contributed by atoms with van der Waals surface area (Å²) >= 11 is 1.30. The minimum Gasteiger partial charge on any atom is -0.478 e. The second-order valence-electron chi connectivity index (χ2n) is 29.3. The third-order valence-corrected chi connectivity index (χ3v) is 29.3. The highest BCUT2D eigenvalue weighted by molar-refractivity contribution is 7.92. The highest BCUT2D eigenvalue weighted by Gasteiger charge is 2.39. The molecule has 14 rings (SSSR count). The number of sulfone groups is 5. The summed E-state index contributed by atoms with van der Waals surface area (Å²) in [6.45, 7) is 3.49. The Kier molecular flexibility index (Phi) is 28.1. The van der Waals surface area contributed by atoms with Gasteiger partial charge in [-0.3, -0.25) is 9.97 Å². The Morgan fingerprint density at radius 3 is 1.08 bits per heavy atom. The molecule has 0 spiro atoms. The highest BCUT2D eigenvalue weighted by Crippen LogP contribution is 2.47. The molecule has 0 atom stereocenters. The zero-order chi connectivity index (χ0) is 91.3. The van der Waals surface area contributed by atoms with E-state index in [-0.39, 0.29) is 86.4 Å². The number of pyridine rings is 2. The first-order chi connectivity index (χ1) is 58.6. The summed E-state index contributed by atoms with van der Waals surface area (Å²) < 4.78 is 252. The van der Waals surface area contributed by atoms with Gasteiger partial charge in [0.05, 0.1) is 97.8 Å². The minimum absolute atomic E-state index is 0.000565. The molecule has 125 heavy (non-hydrogen) atoms. The first kappa shape index (κ1) is 93.7. The number of rotatable bonds is 25. The molecule has 8 aromatic carbocycles. The lowest BCUT2D eigenvalue weighted by Gasteiger charge is -2.16. The zero-order valence-corrected chi connectivity index (χ0v) is 71.3. The van der Waals surface area contributed by atoms with E-state index >= 15 is 0 Å². The summed E-state index contributed by atoms with van der Waals surface area (Å²) in [5.74, 6) is -7.63. The van der Waals surface area contributed by atoms with Gasteiger partial charge < -0.3 is 25.0 Å². The number of carboxylic acid groups (broad SMARTS) is 4. The van der Waals surface area contributed by atoms with Crippen LogP contribution in [0, 0.1) is 0 Å². The predicted molar refractivity (Wildman–Crippen MR) is 448 cm³/mol. The molecule has 0 aliphatic heterocycles. The Morgan fingerprint density at radius 2 is 0.744 bits per heavy atom. The smallest absolute Gasteiger partial charge is 0.416 e. The Labute approximate surface area is 716 Å². The molecule has 2 aliphatic carbocycles. The minimum atomic E-state index is -4.65. The number of hydrogen-bond donors (Lipinski definition) is 4. The highest BCUT2D eigenvalue weighted by atomic mass is 32.2. The first-order valence-electron chi connectivity index (χ1n) is 37.9. The maximum atomic E-state index is 13.4. The Balaban J connectivity index is 0.000000162. The van der Waals surface area contributed by atoms with Gasteiger partial charge in [0, 0.05) is 59.2 Å². The quantitative estimate of drug-likeness (QED) is 0.0386. The van der Waals surface area contributed by atoms with Gasteiger partial charge in [-0.05, 0) is 245 Å². The topological polar surface area (TPSA) is 351 Å². The number of alkyl halides is 9. The molecular formula is C89H76F9N3O18S6. The number of halogens is 9. The Morgan fingerprint density at radius 1 is 0.392 bits per heavy atom. The van der Waals surface area contributed by atoms with Crippen molar-refractivity contribution in [3.05, 3.63) is 314 Å². The van der Waals surface area contributed by atoms with E-state index in [1.807, 2.05) is 0 Å². The summed E-state index contributed by atoms with van der Waals surface area (Å²) in [6.07, 6.45) is -4.28. The van der Waals surface area contributed by atoms with Crippen LogP contribution in [0.1, 0.15) is 154 Å². The van der Waals surface area contributed by atoms with Crippen molar-refractivity contribution >= 4 is 84.4 Å². The third kappa shape index (κ3) is 23.0. The van der Waals surface area contributed by atoms with Crippen LogP contribution >= 0.6 is 11.3 Å². The lowest BCUT2D eigenvalue weighted by molar-refractivity contribution is -0.138. The molecule has 0 unspecified atom stereocenters. The van der Waals surface area contributed by atoms with E-state index < -0.39 is 131 Å². The third-order valence-electron chi connectivity index (χ3n) is 20.4. The van der Waals surface area contributed by atoms with E-state index in [4.69, 9.17) is 0 Å². The Hall–Kier alpha value is -12.0. The van der Waals surface area contributed by atoms with Crippen LogP contribution in [0.3, 0.4) is 0 Å². The Bertz CT molecular complexity index is 6740. The fourth-order valence-electron chi connectivity index (χ4n) is 13.8. The van der Waals surface area contributed by atoms with Gasteiger partial charge in [0.2, 0.25) is 0 Å². The van der Waals surface area contributed by atoms with Crippen LogP contribution in [0.2, 0.25) is 0 Å². The van der Waals surface area contributed by atoms with E-state index in [2.05, 4.69) is 9.97 Å². The van der Waals surface area contributed by atoms with E-state index in [1.54, 1.807) is 104 Å². The normalized spacial score (nSPS) is 13.3. The lowest BCUT2D eigenvalue weighted by atomic mass is 10.0. The monoisotopic (exact) mass is 1840 g/mol. The molecule has 36 heteroatoms. The van der Waals surface area contributed by atoms with Crippen LogP contribution in [0.25, 0.3) is 44.2 Å². The number of aryl methyl sites for hydroxylation is 3. The summed E-state index contributed by atoms with van der Waals surface area (Å²) in [4.78, 5) is 54.0.